The molecule has 0 atom stereocenters. The third-order valence-corrected chi connectivity index (χ3v) is 6.01. The van der Waals surface area contributed by atoms with E-state index in [0.717, 1.165) is 28.2 Å². The highest BCUT2D eigenvalue weighted by molar-refractivity contribution is 6.03. The van der Waals surface area contributed by atoms with E-state index < -0.39 is 0 Å². The van der Waals surface area contributed by atoms with Gasteiger partial charge >= 0.3 is 0 Å². The van der Waals surface area contributed by atoms with Crippen LogP contribution in [0.2, 0.25) is 0 Å². The average Bonchev–Trinajstić information content (AvgIpc) is 3.41. The maximum atomic E-state index is 12.8. The van der Waals surface area contributed by atoms with Crippen LogP contribution >= 0.6 is 0 Å². The summed E-state index contributed by atoms with van der Waals surface area (Å²) < 4.78 is 9.16. The summed E-state index contributed by atoms with van der Waals surface area (Å²) in [6.45, 7) is 6.00. The Morgan fingerprint density at radius 2 is 1.64 bits per heavy atom. The van der Waals surface area contributed by atoms with Crippen LogP contribution in [0.3, 0.4) is 0 Å². The number of benzene rings is 2. The molecule has 0 unspecified atom stereocenters. The molecule has 5 aromatic rings. The minimum atomic E-state index is -0.248. The lowest BCUT2D eigenvalue weighted by Crippen LogP contribution is -2.15. The molecule has 3 aromatic heterocycles. The fourth-order valence-electron chi connectivity index (χ4n) is 3.78. The molecule has 0 aliphatic carbocycles. The first-order chi connectivity index (χ1) is 17.4. The van der Waals surface area contributed by atoms with E-state index in [2.05, 4.69) is 25.7 Å². The van der Waals surface area contributed by atoms with Crippen LogP contribution < -0.4 is 10.1 Å². The third kappa shape index (κ3) is 4.58. The number of nitrogens with one attached hydrogen (secondary N) is 1. The maximum absolute atomic E-state index is 12.8. The first kappa shape index (κ1) is 23.0. The Morgan fingerprint density at radius 3 is 2.28 bits per heavy atom. The lowest BCUT2D eigenvalue weighted by Gasteiger charge is -2.08. The Kier molecular flexibility index (Phi) is 6.03. The van der Waals surface area contributed by atoms with Crippen molar-refractivity contribution in [3.05, 3.63) is 95.4 Å². The second kappa shape index (κ2) is 9.46. The van der Waals surface area contributed by atoms with Gasteiger partial charge in [0.15, 0.2) is 5.82 Å². The van der Waals surface area contributed by atoms with Crippen LogP contribution in [0, 0.1) is 20.8 Å². The first-order valence-corrected chi connectivity index (χ1v) is 11.4. The number of nitrogens with zero attached hydrogens (tertiary/aromatic N) is 6. The number of aryl methyl sites for hydroxylation is 2. The van der Waals surface area contributed by atoms with Crippen LogP contribution in [-0.2, 0) is 7.05 Å². The SMILES string of the molecule is Cc1nn(-c2ccc(Oc3ccc(NC(=O)c4cc(-c5ccccc5)nn4C)cc3)nn2)c(C)c1C. The zero-order valence-electron chi connectivity index (χ0n) is 20.4. The molecule has 180 valence electrons. The lowest BCUT2D eigenvalue weighted by molar-refractivity contribution is 0.101. The Balaban J connectivity index is 1.24. The molecule has 36 heavy (non-hydrogen) atoms. The van der Waals surface area contributed by atoms with Crippen molar-refractivity contribution in [1.29, 1.82) is 0 Å². The van der Waals surface area contributed by atoms with Gasteiger partial charge in [-0.05, 0) is 62.7 Å². The smallest absolute Gasteiger partial charge is 0.273 e. The van der Waals surface area contributed by atoms with E-state index in [1.165, 1.54) is 0 Å². The zero-order valence-corrected chi connectivity index (χ0v) is 20.4. The van der Waals surface area contributed by atoms with Crippen molar-refractivity contribution in [2.75, 3.05) is 5.32 Å². The molecular formula is C27H25N7O2. The van der Waals surface area contributed by atoms with Crippen molar-refractivity contribution in [3.63, 3.8) is 0 Å². The number of rotatable bonds is 6. The largest absolute Gasteiger partial charge is 0.438 e. The van der Waals surface area contributed by atoms with E-state index in [1.54, 1.807) is 52.8 Å². The Hall–Kier alpha value is -4.79. The van der Waals surface area contributed by atoms with Crippen molar-refractivity contribution >= 4 is 11.6 Å². The van der Waals surface area contributed by atoms with Gasteiger partial charge in [0.25, 0.3) is 5.91 Å². The molecule has 0 radical (unpaired) electrons. The van der Waals surface area contributed by atoms with Gasteiger partial charge in [-0.1, -0.05) is 30.3 Å². The average molecular weight is 480 g/mol. The Morgan fingerprint density at radius 1 is 0.889 bits per heavy atom. The highest BCUT2D eigenvalue weighted by Gasteiger charge is 2.15. The Labute approximate surface area is 208 Å². The fraction of sp³-hybridized carbons (Fsp3) is 0.148. The molecule has 1 amide bonds. The summed E-state index contributed by atoms with van der Waals surface area (Å²) in [5.41, 5.74) is 5.90. The van der Waals surface area contributed by atoms with Crippen LogP contribution in [0.15, 0.2) is 72.8 Å². The molecule has 9 nitrogen and oxygen atoms in total. The summed E-state index contributed by atoms with van der Waals surface area (Å²) in [6.07, 6.45) is 0. The normalized spacial score (nSPS) is 10.9. The van der Waals surface area contributed by atoms with Gasteiger partial charge in [0, 0.05) is 30.1 Å². The standard InChI is InChI=1S/C27H25N7O2/c1-17-18(2)31-34(19(17)3)25-14-15-26(30-29-25)36-22-12-10-21(11-13-22)28-27(35)24-16-23(32-33(24)4)20-8-6-5-7-9-20/h5-16H,1-4H3,(H,28,35). The first-order valence-electron chi connectivity index (χ1n) is 11.4. The van der Waals surface area contributed by atoms with Crippen molar-refractivity contribution < 1.29 is 9.53 Å². The second-order valence-corrected chi connectivity index (χ2v) is 8.42. The molecule has 0 spiro atoms. The minimum Gasteiger partial charge on any atom is -0.438 e. The number of carbonyl (C=O) groups is 1. The topological polar surface area (TPSA) is 99.8 Å². The second-order valence-electron chi connectivity index (χ2n) is 8.42. The van der Waals surface area contributed by atoms with Crippen LogP contribution in [-0.4, -0.2) is 35.7 Å². The number of ether oxygens (including phenoxy) is 1. The molecule has 9 heteroatoms. The lowest BCUT2D eigenvalue weighted by atomic mass is 10.1. The Bertz CT molecular complexity index is 1520. The maximum Gasteiger partial charge on any atom is 0.273 e. The van der Waals surface area contributed by atoms with Gasteiger partial charge in [0.2, 0.25) is 5.88 Å². The predicted molar refractivity (Wildman–Crippen MR) is 136 cm³/mol. The summed E-state index contributed by atoms with van der Waals surface area (Å²) in [7, 11) is 1.75. The number of amides is 1. The van der Waals surface area contributed by atoms with E-state index in [1.807, 2.05) is 57.2 Å². The highest BCUT2D eigenvalue weighted by atomic mass is 16.5. The van der Waals surface area contributed by atoms with Crippen LogP contribution in [0.5, 0.6) is 11.6 Å². The summed E-state index contributed by atoms with van der Waals surface area (Å²) in [4.78, 5) is 12.8. The summed E-state index contributed by atoms with van der Waals surface area (Å²) in [5.74, 6) is 1.31. The molecule has 0 saturated carbocycles. The fourth-order valence-corrected chi connectivity index (χ4v) is 3.78. The third-order valence-electron chi connectivity index (χ3n) is 6.01. The molecule has 5 rings (SSSR count). The monoisotopic (exact) mass is 479 g/mol. The number of carbonyl (C=O) groups excluding carboxylic acids is 1. The molecule has 0 fully saturated rings. The summed E-state index contributed by atoms with van der Waals surface area (Å²) in [6, 6.07) is 22.1. The molecular weight excluding hydrogens is 454 g/mol. The number of hydrogen-bond acceptors (Lipinski definition) is 6. The van der Waals surface area contributed by atoms with E-state index in [4.69, 9.17) is 4.74 Å². The van der Waals surface area contributed by atoms with Crippen LogP contribution in [0.25, 0.3) is 17.1 Å². The van der Waals surface area contributed by atoms with Crippen molar-refractivity contribution in [1.82, 2.24) is 29.8 Å². The summed E-state index contributed by atoms with van der Waals surface area (Å²) in [5, 5.41) is 20.3. The van der Waals surface area contributed by atoms with Gasteiger partial charge in [0.05, 0.1) is 11.4 Å². The number of aromatic nitrogens is 6. The molecule has 0 saturated heterocycles. The van der Waals surface area contributed by atoms with E-state index >= 15 is 0 Å². The van der Waals surface area contributed by atoms with Gasteiger partial charge in [-0.25, -0.2) is 4.68 Å². The molecule has 0 bridgehead atoms. The van der Waals surface area contributed by atoms with Crippen molar-refractivity contribution in [2.24, 2.45) is 7.05 Å². The van der Waals surface area contributed by atoms with Crippen molar-refractivity contribution in [3.8, 4) is 28.7 Å². The minimum absolute atomic E-state index is 0.248. The zero-order chi connectivity index (χ0) is 25.2. The predicted octanol–water partition coefficient (Wildman–Crippen LogP) is 5.03. The van der Waals surface area contributed by atoms with Gasteiger partial charge in [-0.15, -0.1) is 10.2 Å². The quantitative estimate of drug-likeness (QED) is 0.367. The van der Waals surface area contributed by atoms with Gasteiger partial charge in [-0.3, -0.25) is 9.48 Å². The van der Waals surface area contributed by atoms with E-state index in [-0.39, 0.29) is 5.91 Å². The van der Waals surface area contributed by atoms with E-state index in [9.17, 15) is 4.79 Å². The number of anilines is 1. The molecule has 0 aliphatic heterocycles. The van der Waals surface area contributed by atoms with E-state index in [0.29, 0.717) is 28.8 Å². The van der Waals surface area contributed by atoms with Gasteiger partial charge < -0.3 is 10.1 Å². The van der Waals surface area contributed by atoms with Gasteiger partial charge in [-0.2, -0.15) is 10.2 Å². The van der Waals surface area contributed by atoms with Crippen molar-refractivity contribution in [2.45, 2.75) is 20.8 Å². The molecule has 2 aromatic carbocycles. The molecule has 1 N–H and O–H groups in total. The van der Waals surface area contributed by atoms with Gasteiger partial charge in [0.1, 0.15) is 11.4 Å². The molecule has 0 aliphatic rings. The highest BCUT2D eigenvalue weighted by Crippen LogP contribution is 2.23. The van der Waals surface area contributed by atoms with Crippen LogP contribution in [0.4, 0.5) is 5.69 Å². The number of hydrogen-bond donors (Lipinski definition) is 1. The summed E-state index contributed by atoms with van der Waals surface area (Å²) >= 11 is 0. The van der Waals surface area contributed by atoms with Crippen LogP contribution in [0.1, 0.15) is 27.4 Å². The molecule has 3 heterocycles.